The number of esters is 1. The SMILES string of the molecule is COC(=O)c1cc(N)cn1CCS(=O)(=O)C(C)C. The van der Waals surface area contributed by atoms with E-state index in [1.807, 2.05) is 0 Å². The van der Waals surface area contributed by atoms with Gasteiger partial charge in [-0.15, -0.1) is 0 Å². The van der Waals surface area contributed by atoms with Crippen LogP contribution < -0.4 is 5.73 Å². The lowest BCUT2D eigenvalue weighted by Gasteiger charge is -2.10. The summed E-state index contributed by atoms with van der Waals surface area (Å²) in [4.78, 5) is 11.5. The van der Waals surface area contributed by atoms with Gasteiger partial charge in [-0.2, -0.15) is 0 Å². The van der Waals surface area contributed by atoms with Crippen LogP contribution in [0.5, 0.6) is 0 Å². The van der Waals surface area contributed by atoms with Gasteiger partial charge in [0.15, 0.2) is 9.84 Å². The van der Waals surface area contributed by atoms with Gasteiger partial charge in [-0.05, 0) is 19.9 Å². The smallest absolute Gasteiger partial charge is 0.354 e. The molecule has 1 heterocycles. The number of sulfone groups is 1. The fraction of sp³-hybridized carbons (Fsp3) is 0.545. The monoisotopic (exact) mass is 274 g/mol. The molecule has 0 fully saturated rings. The third-order valence-corrected chi connectivity index (χ3v) is 4.84. The molecule has 1 rings (SSSR count). The van der Waals surface area contributed by atoms with E-state index < -0.39 is 21.1 Å². The number of ether oxygens (including phenoxy) is 1. The van der Waals surface area contributed by atoms with Crippen LogP contribution in [0.3, 0.4) is 0 Å². The maximum Gasteiger partial charge on any atom is 0.354 e. The lowest BCUT2D eigenvalue weighted by atomic mass is 10.4. The number of nitrogen functional groups attached to an aromatic ring is 1. The number of nitrogens with zero attached hydrogens (tertiary/aromatic N) is 1. The highest BCUT2D eigenvalue weighted by Gasteiger charge is 2.18. The quantitative estimate of drug-likeness (QED) is 0.797. The minimum Gasteiger partial charge on any atom is -0.464 e. The average molecular weight is 274 g/mol. The molecule has 0 saturated carbocycles. The van der Waals surface area contributed by atoms with Gasteiger partial charge in [0.25, 0.3) is 0 Å². The van der Waals surface area contributed by atoms with Crippen molar-refractivity contribution in [2.24, 2.45) is 0 Å². The standard InChI is InChI=1S/C11H18N2O4S/c1-8(2)18(15,16)5-4-13-7-9(12)6-10(13)11(14)17-3/h6-8H,4-5,12H2,1-3H3. The highest BCUT2D eigenvalue weighted by atomic mass is 32.2. The number of rotatable bonds is 5. The first-order valence-electron chi connectivity index (χ1n) is 5.53. The number of carbonyl (C=O) groups is 1. The maximum atomic E-state index is 11.7. The molecule has 0 bridgehead atoms. The molecule has 102 valence electrons. The molecular formula is C11H18N2O4S. The molecule has 0 unspecified atom stereocenters. The molecule has 2 N–H and O–H groups in total. The molecule has 0 aromatic carbocycles. The zero-order valence-electron chi connectivity index (χ0n) is 10.7. The van der Waals surface area contributed by atoms with Crippen LogP contribution in [0.25, 0.3) is 0 Å². The Kier molecular flexibility index (Phi) is 4.39. The molecule has 6 nitrogen and oxygen atoms in total. The minimum atomic E-state index is -3.15. The van der Waals surface area contributed by atoms with Gasteiger partial charge in [-0.25, -0.2) is 13.2 Å². The first kappa shape index (κ1) is 14.6. The first-order valence-corrected chi connectivity index (χ1v) is 7.25. The van der Waals surface area contributed by atoms with E-state index in [9.17, 15) is 13.2 Å². The molecule has 7 heteroatoms. The summed E-state index contributed by atoms with van der Waals surface area (Å²) in [6, 6.07) is 1.47. The molecule has 18 heavy (non-hydrogen) atoms. The molecule has 0 radical (unpaired) electrons. The molecule has 0 saturated heterocycles. The van der Waals surface area contributed by atoms with Crippen LogP contribution >= 0.6 is 0 Å². The van der Waals surface area contributed by atoms with Crippen LogP contribution in [0.15, 0.2) is 12.3 Å². The fourth-order valence-corrected chi connectivity index (χ4v) is 2.38. The Hall–Kier alpha value is -1.50. The van der Waals surface area contributed by atoms with Crippen molar-refractivity contribution in [2.45, 2.75) is 25.6 Å². The summed E-state index contributed by atoms with van der Waals surface area (Å²) in [6.07, 6.45) is 1.53. The highest BCUT2D eigenvalue weighted by molar-refractivity contribution is 7.91. The van der Waals surface area contributed by atoms with Crippen molar-refractivity contribution < 1.29 is 17.9 Å². The summed E-state index contributed by atoms with van der Waals surface area (Å²) in [5, 5.41) is -0.438. The second kappa shape index (κ2) is 5.43. The Morgan fingerprint density at radius 3 is 2.61 bits per heavy atom. The molecule has 0 amide bonds. The van der Waals surface area contributed by atoms with Gasteiger partial charge >= 0.3 is 5.97 Å². The number of hydrogen-bond acceptors (Lipinski definition) is 5. The average Bonchev–Trinajstić information content (AvgIpc) is 2.67. The van der Waals surface area contributed by atoms with Crippen LogP contribution in [0, 0.1) is 0 Å². The van der Waals surface area contributed by atoms with E-state index in [-0.39, 0.29) is 18.0 Å². The van der Waals surface area contributed by atoms with Gasteiger partial charge in [0.1, 0.15) is 5.69 Å². The summed E-state index contributed by atoms with van der Waals surface area (Å²) >= 11 is 0. The zero-order valence-corrected chi connectivity index (χ0v) is 11.5. The van der Waals surface area contributed by atoms with Crippen LogP contribution in [0.4, 0.5) is 5.69 Å². The van der Waals surface area contributed by atoms with Gasteiger partial charge in [0.05, 0.1) is 23.8 Å². The molecule has 0 aliphatic carbocycles. The number of anilines is 1. The van der Waals surface area contributed by atoms with Gasteiger partial charge in [0.2, 0.25) is 0 Å². The second-order valence-electron chi connectivity index (χ2n) is 4.26. The lowest BCUT2D eigenvalue weighted by Crippen LogP contribution is -2.22. The summed E-state index contributed by atoms with van der Waals surface area (Å²) in [5.74, 6) is -0.573. The Morgan fingerprint density at radius 2 is 2.11 bits per heavy atom. The number of nitrogens with two attached hydrogens (primary N) is 1. The van der Waals surface area contributed by atoms with Crippen molar-refractivity contribution in [3.8, 4) is 0 Å². The van der Waals surface area contributed by atoms with Crippen molar-refractivity contribution in [1.82, 2.24) is 4.57 Å². The number of carbonyl (C=O) groups excluding carboxylic acids is 1. The zero-order chi connectivity index (χ0) is 13.9. The van der Waals surface area contributed by atoms with Crippen molar-refractivity contribution in [3.05, 3.63) is 18.0 Å². The molecule has 0 spiro atoms. The first-order chi connectivity index (χ1) is 8.27. The van der Waals surface area contributed by atoms with E-state index in [0.717, 1.165) is 0 Å². The highest BCUT2D eigenvalue weighted by Crippen LogP contribution is 2.13. The van der Waals surface area contributed by atoms with Gasteiger partial charge in [0, 0.05) is 12.7 Å². The summed E-state index contributed by atoms with van der Waals surface area (Å²) in [7, 11) is -1.89. The van der Waals surface area contributed by atoms with E-state index in [1.165, 1.54) is 23.9 Å². The largest absolute Gasteiger partial charge is 0.464 e. The molecule has 1 aromatic heterocycles. The van der Waals surface area contributed by atoms with Crippen LogP contribution in [0.1, 0.15) is 24.3 Å². The number of aryl methyl sites for hydroxylation is 1. The number of methoxy groups -OCH3 is 1. The third kappa shape index (κ3) is 3.25. The van der Waals surface area contributed by atoms with Crippen LogP contribution in [-0.2, 0) is 21.1 Å². The molecule has 1 aromatic rings. The van der Waals surface area contributed by atoms with Gasteiger partial charge in [-0.3, -0.25) is 0 Å². The van der Waals surface area contributed by atoms with E-state index >= 15 is 0 Å². The number of hydrogen-bond donors (Lipinski definition) is 1. The van der Waals surface area contributed by atoms with Crippen molar-refractivity contribution in [2.75, 3.05) is 18.6 Å². The number of aromatic nitrogens is 1. The molecular weight excluding hydrogens is 256 g/mol. The van der Waals surface area contributed by atoms with Crippen molar-refractivity contribution in [3.63, 3.8) is 0 Å². The fourth-order valence-electron chi connectivity index (χ4n) is 1.45. The van der Waals surface area contributed by atoms with Gasteiger partial charge in [-0.1, -0.05) is 0 Å². The molecule has 0 atom stereocenters. The van der Waals surface area contributed by atoms with E-state index in [4.69, 9.17) is 5.73 Å². The van der Waals surface area contributed by atoms with Gasteiger partial charge < -0.3 is 15.0 Å². The summed E-state index contributed by atoms with van der Waals surface area (Å²) < 4.78 is 29.5. The normalized spacial score (nSPS) is 11.8. The predicted octanol–water partition coefficient (Wildman–Crippen LogP) is 0.680. The third-order valence-electron chi connectivity index (χ3n) is 2.65. The molecule has 0 aliphatic rings. The Morgan fingerprint density at radius 1 is 1.50 bits per heavy atom. The van der Waals surface area contributed by atoms with Crippen molar-refractivity contribution in [1.29, 1.82) is 0 Å². The Bertz CT molecular complexity index is 531. The lowest BCUT2D eigenvalue weighted by molar-refractivity contribution is 0.0588. The van der Waals surface area contributed by atoms with E-state index in [1.54, 1.807) is 13.8 Å². The Labute approximate surface area is 107 Å². The summed E-state index contributed by atoms with van der Waals surface area (Å²) in [6.45, 7) is 3.43. The van der Waals surface area contributed by atoms with Crippen molar-refractivity contribution >= 4 is 21.5 Å². The summed E-state index contributed by atoms with van der Waals surface area (Å²) in [5.41, 5.74) is 6.25. The predicted molar refractivity (Wildman–Crippen MR) is 69.1 cm³/mol. The van der Waals surface area contributed by atoms with E-state index in [0.29, 0.717) is 5.69 Å². The topological polar surface area (TPSA) is 91.4 Å². The maximum absolute atomic E-state index is 11.7. The van der Waals surface area contributed by atoms with Crippen LogP contribution in [-0.4, -0.2) is 37.1 Å². The second-order valence-corrected chi connectivity index (χ2v) is 6.94. The van der Waals surface area contributed by atoms with E-state index in [2.05, 4.69) is 4.74 Å². The van der Waals surface area contributed by atoms with Crippen LogP contribution in [0.2, 0.25) is 0 Å². The Balaban J connectivity index is 2.89. The molecule has 0 aliphatic heterocycles. The minimum absolute atomic E-state index is 0.0389.